The highest BCUT2D eigenvalue weighted by atomic mass is 35.5. The van der Waals surface area contributed by atoms with Gasteiger partial charge in [0.15, 0.2) is 12.4 Å². The van der Waals surface area contributed by atoms with Crippen LogP contribution in [0.5, 0.6) is 11.5 Å². The third-order valence-electron chi connectivity index (χ3n) is 5.27. The van der Waals surface area contributed by atoms with Crippen molar-refractivity contribution in [2.24, 2.45) is 0 Å². The normalized spacial score (nSPS) is 10.8. The van der Waals surface area contributed by atoms with Crippen molar-refractivity contribution in [2.75, 3.05) is 24.4 Å². The van der Waals surface area contributed by atoms with Gasteiger partial charge in [0.05, 0.1) is 17.2 Å². The molecule has 3 rings (SSSR count). The van der Waals surface area contributed by atoms with Crippen LogP contribution in [0.2, 0.25) is 10.0 Å². The number of ether oxygens (including phenoxy) is 2. The van der Waals surface area contributed by atoms with Crippen molar-refractivity contribution in [3.63, 3.8) is 0 Å². The molecule has 0 saturated heterocycles. The summed E-state index contributed by atoms with van der Waals surface area (Å²) in [7, 11) is 1.54. The lowest BCUT2D eigenvalue weighted by Gasteiger charge is -2.13. The number of hydrogen-bond acceptors (Lipinski definition) is 5. The van der Waals surface area contributed by atoms with E-state index in [1.54, 1.807) is 30.3 Å². The molecule has 0 radical (unpaired) electrons. The summed E-state index contributed by atoms with van der Waals surface area (Å²) < 4.78 is 10.6. The number of nitrogens with one attached hydrogen (secondary N) is 2. The minimum atomic E-state index is -0.599. The number of aryl methyl sites for hydroxylation is 1. The highest BCUT2D eigenvalue weighted by Gasteiger charge is 2.15. The van der Waals surface area contributed by atoms with E-state index in [-0.39, 0.29) is 33.9 Å². The molecule has 0 bridgehead atoms. The van der Waals surface area contributed by atoms with Crippen molar-refractivity contribution >= 4 is 52.5 Å². The molecule has 184 valence electrons. The zero-order chi connectivity index (χ0) is 26.2. The predicted octanol–water partition coefficient (Wildman–Crippen LogP) is 6.18. The summed E-state index contributed by atoms with van der Waals surface area (Å²) in [5.74, 6) is -0.216. The Labute approximate surface area is 219 Å². The number of methoxy groups -OCH3 is 1. The third-order valence-corrected chi connectivity index (χ3v) is 5.83. The van der Waals surface area contributed by atoms with Crippen molar-refractivity contribution in [2.45, 2.75) is 13.8 Å². The first-order valence-corrected chi connectivity index (χ1v) is 11.5. The van der Waals surface area contributed by atoms with Crippen molar-refractivity contribution in [3.05, 3.63) is 86.9 Å². The topological polar surface area (TPSA) is 100 Å². The molecule has 0 aliphatic heterocycles. The SMILES string of the molecule is COc1ccc(NC(=O)/C(C#N)=C\c2cc(Cl)c(OCC(=O)Nc3cccc(C)c3C)c(Cl)c2)cc1. The number of rotatable bonds is 8. The Balaban J connectivity index is 1.69. The fourth-order valence-electron chi connectivity index (χ4n) is 3.20. The quantitative estimate of drug-likeness (QED) is 0.271. The van der Waals surface area contributed by atoms with Gasteiger partial charge in [-0.2, -0.15) is 5.26 Å². The number of amides is 2. The molecule has 0 aliphatic carbocycles. The molecule has 9 heteroatoms. The molecule has 36 heavy (non-hydrogen) atoms. The Bertz CT molecular complexity index is 1340. The van der Waals surface area contributed by atoms with E-state index in [1.165, 1.54) is 25.3 Å². The highest BCUT2D eigenvalue weighted by Crippen LogP contribution is 2.35. The van der Waals surface area contributed by atoms with E-state index in [9.17, 15) is 14.9 Å². The van der Waals surface area contributed by atoms with Crippen LogP contribution in [-0.4, -0.2) is 25.5 Å². The van der Waals surface area contributed by atoms with E-state index in [4.69, 9.17) is 32.7 Å². The fourth-order valence-corrected chi connectivity index (χ4v) is 3.81. The first-order chi connectivity index (χ1) is 17.2. The van der Waals surface area contributed by atoms with E-state index in [0.717, 1.165) is 11.1 Å². The van der Waals surface area contributed by atoms with Crippen LogP contribution in [0.25, 0.3) is 6.08 Å². The average Bonchev–Trinajstić information content (AvgIpc) is 2.85. The second kappa shape index (κ2) is 12.1. The van der Waals surface area contributed by atoms with Crippen LogP contribution in [0.3, 0.4) is 0 Å². The number of carbonyl (C=O) groups excluding carboxylic acids is 2. The van der Waals surface area contributed by atoms with Gasteiger partial charge in [-0.05, 0) is 79.1 Å². The number of nitrogens with zero attached hydrogens (tertiary/aromatic N) is 1. The maximum Gasteiger partial charge on any atom is 0.266 e. The van der Waals surface area contributed by atoms with E-state index in [1.807, 2.05) is 32.0 Å². The number of halogens is 2. The number of hydrogen-bond donors (Lipinski definition) is 2. The largest absolute Gasteiger partial charge is 0.497 e. The fraction of sp³-hybridized carbons (Fsp3) is 0.148. The molecule has 0 aromatic heterocycles. The summed E-state index contributed by atoms with van der Waals surface area (Å²) >= 11 is 12.6. The molecule has 0 fully saturated rings. The number of anilines is 2. The van der Waals surface area contributed by atoms with Crippen LogP contribution in [0.4, 0.5) is 11.4 Å². The Morgan fingerprint density at radius 1 is 1.03 bits per heavy atom. The standard InChI is InChI=1S/C27H23Cl2N3O4/c1-16-5-4-6-24(17(16)2)32-25(33)15-36-26-22(28)12-18(13-23(26)29)11-19(14-30)27(34)31-20-7-9-21(35-3)10-8-20/h4-13H,15H2,1-3H3,(H,31,34)(H,32,33)/b19-11-. The summed E-state index contributed by atoms with van der Waals surface area (Å²) in [5.41, 5.74) is 3.47. The van der Waals surface area contributed by atoms with Gasteiger partial charge in [-0.15, -0.1) is 0 Å². The Morgan fingerprint density at radius 3 is 2.31 bits per heavy atom. The molecule has 0 saturated carbocycles. The first-order valence-electron chi connectivity index (χ1n) is 10.8. The predicted molar refractivity (Wildman–Crippen MR) is 142 cm³/mol. The lowest BCUT2D eigenvalue weighted by Crippen LogP contribution is -2.21. The summed E-state index contributed by atoms with van der Waals surface area (Å²) in [6, 6.07) is 17.1. The van der Waals surface area contributed by atoms with Gasteiger partial charge in [0.2, 0.25) is 0 Å². The number of carbonyl (C=O) groups is 2. The molecule has 7 nitrogen and oxygen atoms in total. The van der Waals surface area contributed by atoms with E-state index >= 15 is 0 Å². The van der Waals surface area contributed by atoms with Crippen LogP contribution in [0, 0.1) is 25.2 Å². The van der Waals surface area contributed by atoms with Gasteiger partial charge in [0.1, 0.15) is 17.4 Å². The molecule has 0 aliphatic rings. The summed E-state index contributed by atoms with van der Waals surface area (Å²) in [5, 5.41) is 15.2. The summed E-state index contributed by atoms with van der Waals surface area (Å²) in [4.78, 5) is 24.9. The molecule has 0 heterocycles. The maximum atomic E-state index is 12.5. The van der Waals surface area contributed by atoms with Gasteiger partial charge in [-0.1, -0.05) is 35.3 Å². The Kier molecular flexibility index (Phi) is 8.96. The second-order valence-electron chi connectivity index (χ2n) is 7.75. The monoisotopic (exact) mass is 523 g/mol. The molecular formula is C27H23Cl2N3O4. The average molecular weight is 524 g/mol. The molecule has 3 aromatic carbocycles. The number of benzene rings is 3. The van der Waals surface area contributed by atoms with Gasteiger partial charge < -0.3 is 20.1 Å². The van der Waals surface area contributed by atoms with Gasteiger partial charge in [0, 0.05) is 11.4 Å². The van der Waals surface area contributed by atoms with Crippen LogP contribution < -0.4 is 20.1 Å². The molecule has 0 unspecified atom stereocenters. The second-order valence-corrected chi connectivity index (χ2v) is 8.56. The van der Waals surface area contributed by atoms with Crippen LogP contribution in [0.1, 0.15) is 16.7 Å². The van der Waals surface area contributed by atoms with Crippen molar-refractivity contribution in [1.82, 2.24) is 0 Å². The Morgan fingerprint density at radius 2 is 1.69 bits per heavy atom. The smallest absolute Gasteiger partial charge is 0.266 e. The van der Waals surface area contributed by atoms with Crippen molar-refractivity contribution < 1.29 is 19.1 Å². The third kappa shape index (κ3) is 6.79. The van der Waals surface area contributed by atoms with E-state index in [2.05, 4.69) is 10.6 Å². The minimum Gasteiger partial charge on any atom is -0.497 e. The highest BCUT2D eigenvalue weighted by molar-refractivity contribution is 6.37. The molecule has 2 amide bonds. The first kappa shape index (κ1) is 26.6. The lowest BCUT2D eigenvalue weighted by atomic mass is 10.1. The lowest BCUT2D eigenvalue weighted by molar-refractivity contribution is -0.118. The molecule has 0 atom stereocenters. The molecule has 3 aromatic rings. The van der Waals surface area contributed by atoms with Crippen molar-refractivity contribution in [3.8, 4) is 17.6 Å². The number of nitriles is 1. The van der Waals surface area contributed by atoms with E-state index < -0.39 is 5.91 Å². The Hall–Kier alpha value is -3.99. The zero-order valence-electron chi connectivity index (χ0n) is 19.8. The summed E-state index contributed by atoms with van der Waals surface area (Å²) in [6.07, 6.45) is 1.35. The summed E-state index contributed by atoms with van der Waals surface area (Å²) in [6.45, 7) is 3.56. The zero-order valence-corrected chi connectivity index (χ0v) is 21.3. The minimum absolute atomic E-state index is 0.118. The van der Waals surface area contributed by atoms with Crippen LogP contribution in [0.15, 0.2) is 60.2 Å². The van der Waals surface area contributed by atoms with Gasteiger partial charge in [-0.25, -0.2) is 0 Å². The molecular weight excluding hydrogens is 501 g/mol. The van der Waals surface area contributed by atoms with Gasteiger partial charge in [0.25, 0.3) is 11.8 Å². The molecule has 0 spiro atoms. The van der Waals surface area contributed by atoms with E-state index in [0.29, 0.717) is 22.7 Å². The van der Waals surface area contributed by atoms with Crippen LogP contribution >= 0.6 is 23.2 Å². The van der Waals surface area contributed by atoms with Gasteiger partial charge in [-0.3, -0.25) is 9.59 Å². The van der Waals surface area contributed by atoms with Gasteiger partial charge >= 0.3 is 0 Å². The molecule has 2 N–H and O–H groups in total. The van der Waals surface area contributed by atoms with Crippen molar-refractivity contribution in [1.29, 1.82) is 5.26 Å². The van der Waals surface area contributed by atoms with Crippen LogP contribution in [-0.2, 0) is 9.59 Å². The maximum absolute atomic E-state index is 12.5.